The Bertz CT molecular complexity index is 965. The lowest BCUT2D eigenvalue weighted by molar-refractivity contribution is 0.0770. The van der Waals surface area contributed by atoms with E-state index in [0.717, 1.165) is 31.0 Å². The number of rotatable bonds is 7. The summed E-state index contributed by atoms with van der Waals surface area (Å²) < 4.78 is 0. The van der Waals surface area contributed by atoms with Crippen LogP contribution < -0.4 is 4.90 Å². The zero-order chi connectivity index (χ0) is 23.4. The topological polar surface area (TPSA) is 52.6 Å². The van der Waals surface area contributed by atoms with Crippen molar-refractivity contribution in [2.45, 2.75) is 72.4 Å². The summed E-state index contributed by atoms with van der Waals surface area (Å²) in [6, 6.07) is 7.16. The van der Waals surface area contributed by atoms with Crippen LogP contribution in [0.2, 0.25) is 0 Å². The molecular formula is C27H39N5O. The van der Waals surface area contributed by atoms with Gasteiger partial charge < -0.3 is 9.80 Å². The van der Waals surface area contributed by atoms with Gasteiger partial charge in [-0.3, -0.25) is 9.69 Å². The molecule has 1 aromatic heterocycles. The Labute approximate surface area is 199 Å². The van der Waals surface area contributed by atoms with E-state index in [1.807, 2.05) is 25.7 Å². The highest BCUT2D eigenvalue weighted by molar-refractivity contribution is 5.94. The van der Waals surface area contributed by atoms with Crippen LogP contribution in [-0.2, 0) is 6.54 Å². The third-order valence-electron chi connectivity index (χ3n) is 7.36. The molecule has 2 fully saturated rings. The maximum atomic E-state index is 12.8. The average Bonchev–Trinajstić information content (AvgIpc) is 3.36. The van der Waals surface area contributed by atoms with E-state index in [2.05, 4.69) is 34.9 Å². The molecule has 4 rings (SSSR count). The number of hydrogen-bond donors (Lipinski definition) is 0. The van der Waals surface area contributed by atoms with Gasteiger partial charge in [0.15, 0.2) is 0 Å². The van der Waals surface area contributed by atoms with Crippen LogP contribution in [-0.4, -0.2) is 58.4 Å². The SMILES string of the molecule is CCN(CC)C(=O)c1cnc([C@H]2CCCCN2Cc2ccc(N3CCCC3)cc2C)nc1C. The highest BCUT2D eigenvalue weighted by Crippen LogP contribution is 2.32. The number of nitrogens with zero attached hydrogens (tertiary/aromatic N) is 5. The second kappa shape index (κ2) is 10.6. The van der Waals surface area contributed by atoms with Crippen molar-refractivity contribution in [2.75, 3.05) is 37.6 Å². The van der Waals surface area contributed by atoms with Crippen LogP contribution in [0.3, 0.4) is 0 Å². The molecule has 0 spiro atoms. The minimum absolute atomic E-state index is 0.0262. The van der Waals surface area contributed by atoms with Crippen LogP contribution >= 0.6 is 0 Å². The molecule has 0 saturated carbocycles. The third-order valence-corrected chi connectivity index (χ3v) is 7.36. The van der Waals surface area contributed by atoms with E-state index in [-0.39, 0.29) is 11.9 Å². The van der Waals surface area contributed by atoms with Gasteiger partial charge in [0.1, 0.15) is 5.82 Å². The molecule has 0 radical (unpaired) electrons. The Morgan fingerprint density at radius 1 is 1.06 bits per heavy atom. The zero-order valence-electron chi connectivity index (χ0n) is 20.8. The van der Waals surface area contributed by atoms with Gasteiger partial charge in [-0.25, -0.2) is 9.97 Å². The lowest BCUT2D eigenvalue weighted by Crippen LogP contribution is -2.35. The van der Waals surface area contributed by atoms with E-state index in [1.54, 1.807) is 6.20 Å². The van der Waals surface area contributed by atoms with Gasteiger partial charge >= 0.3 is 0 Å². The summed E-state index contributed by atoms with van der Waals surface area (Å²) in [6.07, 6.45) is 7.81. The van der Waals surface area contributed by atoms with E-state index in [9.17, 15) is 4.79 Å². The number of likely N-dealkylation sites (tertiary alicyclic amines) is 1. The van der Waals surface area contributed by atoms with Gasteiger partial charge in [-0.2, -0.15) is 0 Å². The first kappa shape index (κ1) is 23.7. The second-order valence-corrected chi connectivity index (χ2v) is 9.49. The number of aryl methyl sites for hydroxylation is 2. The molecule has 178 valence electrons. The molecule has 1 atom stereocenters. The number of carbonyl (C=O) groups excluding carboxylic acids is 1. The van der Waals surface area contributed by atoms with Crippen molar-refractivity contribution in [3.05, 3.63) is 52.6 Å². The van der Waals surface area contributed by atoms with Crippen molar-refractivity contribution in [1.82, 2.24) is 19.8 Å². The predicted octanol–water partition coefficient (Wildman–Crippen LogP) is 4.90. The number of aromatic nitrogens is 2. The Kier molecular flexibility index (Phi) is 7.63. The van der Waals surface area contributed by atoms with Crippen LogP contribution in [0.4, 0.5) is 5.69 Å². The van der Waals surface area contributed by atoms with Crippen molar-refractivity contribution in [1.29, 1.82) is 0 Å². The van der Waals surface area contributed by atoms with E-state index >= 15 is 0 Å². The lowest BCUT2D eigenvalue weighted by Gasteiger charge is -2.35. The second-order valence-electron chi connectivity index (χ2n) is 9.49. The van der Waals surface area contributed by atoms with Crippen LogP contribution in [0.5, 0.6) is 0 Å². The molecule has 0 unspecified atom stereocenters. The van der Waals surface area contributed by atoms with Gasteiger partial charge in [0.25, 0.3) is 5.91 Å². The molecule has 33 heavy (non-hydrogen) atoms. The first-order valence-electron chi connectivity index (χ1n) is 12.7. The summed E-state index contributed by atoms with van der Waals surface area (Å²) in [5.41, 5.74) is 5.51. The van der Waals surface area contributed by atoms with Gasteiger partial charge in [0, 0.05) is 44.6 Å². The van der Waals surface area contributed by atoms with Crippen molar-refractivity contribution < 1.29 is 4.79 Å². The number of anilines is 1. The van der Waals surface area contributed by atoms with E-state index in [1.165, 1.54) is 55.6 Å². The standard InChI is InChI=1S/C27H39N5O/c1-5-30(6-2)27(33)24-18-28-26(29-21(24)4)25-11-7-8-16-32(25)19-22-12-13-23(17-20(22)3)31-14-9-10-15-31/h12-13,17-18,25H,5-11,14-16,19H2,1-4H3/t25-/m1/s1. The minimum Gasteiger partial charge on any atom is -0.372 e. The number of piperidine rings is 1. The normalized spacial score (nSPS) is 19.2. The molecule has 2 aliphatic rings. The average molecular weight is 450 g/mol. The van der Waals surface area contributed by atoms with Crippen molar-refractivity contribution >= 4 is 11.6 Å². The maximum Gasteiger partial charge on any atom is 0.257 e. The van der Waals surface area contributed by atoms with E-state index in [4.69, 9.17) is 9.97 Å². The number of benzene rings is 1. The number of amides is 1. The van der Waals surface area contributed by atoms with E-state index < -0.39 is 0 Å². The molecule has 0 N–H and O–H groups in total. The van der Waals surface area contributed by atoms with Gasteiger partial charge in [0.2, 0.25) is 0 Å². The zero-order valence-corrected chi connectivity index (χ0v) is 20.8. The summed E-state index contributed by atoms with van der Waals surface area (Å²) in [5.74, 6) is 0.882. The molecule has 0 bridgehead atoms. The van der Waals surface area contributed by atoms with Gasteiger partial charge in [-0.1, -0.05) is 12.5 Å². The first-order chi connectivity index (χ1) is 16.0. The molecule has 1 amide bonds. The van der Waals surface area contributed by atoms with Crippen LogP contribution in [0.15, 0.2) is 24.4 Å². The maximum absolute atomic E-state index is 12.8. The van der Waals surface area contributed by atoms with Crippen LogP contribution in [0, 0.1) is 13.8 Å². The Morgan fingerprint density at radius 2 is 1.79 bits per heavy atom. The summed E-state index contributed by atoms with van der Waals surface area (Å²) >= 11 is 0. The number of carbonyl (C=O) groups is 1. The molecule has 3 heterocycles. The van der Waals surface area contributed by atoms with Gasteiger partial charge in [-0.15, -0.1) is 0 Å². The molecule has 0 aliphatic carbocycles. The minimum atomic E-state index is 0.0262. The summed E-state index contributed by atoms with van der Waals surface area (Å²) in [4.78, 5) is 29.2. The first-order valence-corrected chi connectivity index (χ1v) is 12.7. The lowest BCUT2D eigenvalue weighted by atomic mass is 9.98. The molecule has 2 aliphatic heterocycles. The van der Waals surface area contributed by atoms with Crippen molar-refractivity contribution in [3.8, 4) is 0 Å². The summed E-state index contributed by atoms with van der Waals surface area (Å²) in [5, 5.41) is 0. The fraction of sp³-hybridized carbons (Fsp3) is 0.593. The predicted molar refractivity (Wildman–Crippen MR) is 134 cm³/mol. The Morgan fingerprint density at radius 3 is 2.45 bits per heavy atom. The summed E-state index contributed by atoms with van der Waals surface area (Å²) in [7, 11) is 0. The fourth-order valence-electron chi connectivity index (χ4n) is 5.26. The molecule has 6 nitrogen and oxygen atoms in total. The van der Waals surface area contributed by atoms with Gasteiger partial charge in [-0.05, 0) is 83.2 Å². The quantitative estimate of drug-likeness (QED) is 0.602. The smallest absolute Gasteiger partial charge is 0.257 e. The molecule has 6 heteroatoms. The Hall–Kier alpha value is -2.47. The molecule has 1 aromatic carbocycles. The van der Waals surface area contributed by atoms with Crippen molar-refractivity contribution in [2.24, 2.45) is 0 Å². The van der Waals surface area contributed by atoms with Crippen LogP contribution in [0.1, 0.15) is 85.0 Å². The molecule has 2 aromatic rings. The third kappa shape index (κ3) is 5.21. The Balaban J connectivity index is 1.52. The highest BCUT2D eigenvalue weighted by atomic mass is 16.2. The van der Waals surface area contributed by atoms with Gasteiger partial charge in [0.05, 0.1) is 17.3 Å². The molecule has 2 saturated heterocycles. The summed E-state index contributed by atoms with van der Waals surface area (Å²) in [6.45, 7) is 13.9. The van der Waals surface area contributed by atoms with Crippen molar-refractivity contribution in [3.63, 3.8) is 0 Å². The van der Waals surface area contributed by atoms with E-state index in [0.29, 0.717) is 18.7 Å². The molecular weight excluding hydrogens is 410 g/mol. The fourth-order valence-corrected chi connectivity index (χ4v) is 5.26. The monoisotopic (exact) mass is 449 g/mol. The highest BCUT2D eigenvalue weighted by Gasteiger charge is 2.28. The number of hydrogen-bond acceptors (Lipinski definition) is 5. The largest absolute Gasteiger partial charge is 0.372 e. The van der Waals surface area contributed by atoms with Crippen LogP contribution in [0.25, 0.3) is 0 Å².